The molecule has 0 saturated carbocycles. The van der Waals surface area contributed by atoms with Crippen molar-refractivity contribution in [1.29, 1.82) is 0 Å². The summed E-state index contributed by atoms with van der Waals surface area (Å²) in [7, 11) is 2.01. The predicted molar refractivity (Wildman–Crippen MR) is 131 cm³/mol. The van der Waals surface area contributed by atoms with Crippen LogP contribution in [0.3, 0.4) is 0 Å². The van der Waals surface area contributed by atoms with Gasteiger partial charge in [-0.05, 0) is 38.3 Å². The molecule has 29 heavy (non-hydrogen) atoms. The Morgan fingerprint density at radius 1 is 1.10 bits per heavy atom. The highest BCUT2D eigenvalue weighted by molar-refractivity contribution is 14.0. The van der Waals surface area contributed by atoms with Gasteiger partial charge in [0.05, 0.1) is 5.69 Å². The lowest BCUT2D eigenvalue weighted by molar-refractivity contribution is 0.172. The van der Waals surface area contributed by atoms with E-state index in [4.69, 9.17) is 4.99 Å². The Hall–Kier alpha value is -1.61. The first kappa shape index (κ1) is 23.7. The predicted octanol–water partition coefficient (Wildman–Crippen LogP) is 2.98. The van der Waals surface area contributed by atoms with Gasteiger partial charge in [-0.15, -0.1) is 24.0 Å². The van der Waals surface area contributed by atoms with E-state index in [0.717, 1.165) is 63.9 Å². The number of piperazine rings is 1. The molecular weight excluding hydrogens is 475 g/mol. The summed E-state index contributed by atoms with van der Waals surface area (Å²) in [5.74, 6) is 1.04. The molecule has 2 heterocycles. The molecule has 0 spiro atoms. The van der Waals surface area contributed by atoms with E-state index in [-0.39, 0.29) is 24.0 Å². The smallest absolute Gasteiger partial charge is 0.194 e. The van der Waals surface area contributed by atoms with Crippen molar-refractivity contribution in [2.24, 2.45) is 12.0 Å². The van der Waals surface area contributed by atoms with Crippen molar-refractivity contribution in [1.82, 2.24) is 24.9 Å². The van der Waals surface area contributed by atoms with Crippen molar-refractivity contribution >= 4 is 29.9 Å². The van der Waals surface area contributed by atoms with Crippen LogP contribution in [0.1, 0.15) is 29.4 Å². The van der Waals surface area contributed by atoms with E-state index in [2.05, 4.69) is 71.3 Å². The zero-order valence-corrected chi connectivity index (χ0v) is 20.5. The molecule has 7 heteroatoms. The second-order valence-corrected chi connectivity index (χ2v) is 7.51. The van der Waals surface area contributed by atoms with Gasteiger partial charge < -0.3 is 10.2 Å². The van der Waals surface area contributed by atoms with E-state index in [1.807, 2.05) is 11.7 Å². The number of halogens is 1. The number of nitrogens with zero attached hydrogens (tertiary/aromatic N) is 5. The van der Waals surface area contributed by atoms with Gasteiger partial charge in [0.1, 0.15) is 0 Å². The van der Waals surface area contributed by atoms with E-state index < -0.39 is 0 Å². The lowest BCUT2D eigenvalue weighted by Crippen LogP contribution is -2.52. The van der Waals surface area contributed by atoms with Crippen LogP contribution in [0, 0.1) is 13.8 Å². The maximum Gasteiger partial charge on any atom is 0.194 e. The molecule has 2 aromatic rings. The first-order chi connectivity index (χ1) is 13.6. The minimum atomic E-state index is 0. The topological polar surface area (TPSA) is 48.7 Å². The molecule has 1 aromatic carbocycles. The highest BCUT2D eigenvalue weighted by Gasteiger charge is 2.19. The lowest BCUT2D eigenvalue weighted by atomic mass is 10.1. The molecule has 0 atom stereocenters. The largest absolute Gasteiger partial charge is 0.357 e. The van der Waals surface area contributed by atoms with E-state index in [1.165, 1.54) is 16.8 Å². The van der Waals surface area contributed by atoms with Crippen LogP contribution in [0.2, 0.25) is 0 Å². The Morgan fingerprint density at radius 2 is 1.79 bits per heavy atom. The molecule has 1 N–H and O–H groups in total. The molecule has 1 saturated heterocycles. The van der Waals surface area contributed by atoms with Crippen LogP contribution in [-0.2, 0) is 20.0 Å². The van der Waals surface area contributed by atoms with Gasteiger partial charge in [-0.2, -0.15) is 5.10 Å². The zero-order valence-electron chi connectivity index (χ0n) is 18.2. The van der Waals surface area contributed by atoms with Crippen LogP contribution >= 0.6 is 24.0 Å². The summed E-state index contributed by atoms with van der Waals surface area (Å²) >= 11 is 0. The summed E-state index contributed by atoms with van der Waals surface area (Å²) < 4.78 is 1.96. The Bertz CT molecular complexity index is 778. The Morgan fingerprint density at radius 3 is 2.38 bits per heavy atom. The molecule has 1 fully saturated rings. The van der Waals surface area contributed by atoms with E-state index >= 15 is 0 Å². The minimum Gasteiger partial charge on any atom is -0.357 e. The molecule has 0 amide bonds. The third-order valence-corrected chi connectivity index (χ3v) is 5.54. The summed E-state index contributed by atoms with van der Waals surface area (Å²) in [5, 5.41) is 7.99. The molecule has 1 aliphatic heterocycles. The van der Waals surface area contributed by atoms with E-state index in [0.29, 0.717) is 0 Å². The van der Waals surface area contributed by atoms with Gasteiger partial charge in [-0.3, -0.25) is 14.6 Å². The molecule has 0 bridgehead atoms. The molecular formula is C22H35IN6. The fourth-order valence-corrected chi connectivity index (χ4v) is 3.84. The second-order valence-electron chi connectivity index (χ2n) is 7.51. The normalized spacial score (nSPS) is 15.3. The number of aryl methyl sites for hydroxylation is 2. The average molecular weight is 510 g/mol. The van der Waals surface area contributed by atoms with Gasteiger partial charge in [0.2, 0.25) is 0 Å². The molecule has 1 aliphatic rings. The van der Waals surface area contributed by atoms with Crippen LogP contribution in [0.15, 0.2) is 35.3 Å². The third-order valence-electron chi connectivity index (χ3n) is 5.54. The van der Waals surface area contributed by atoms with Crippen LogP contribution in [0.25, 0.3) is 0 Å². The Labute approximate surface area is 192 Å². The summed E-state index contributed by atoms with van der Waals surface area (Å²) in [6.45, 7) is 13.2. The average Bonchev–Trinajstić information content (AvgIpc) is 2.94. The van der Waals surface area contributed by atoms with Gasteiger partial charge in [0, 0.05) is 58.6 Å². The van der Waals surface area contributed by atoms with E-state index in [1.54, 1.807) is 0 Å². The highest BCUT2D eigenvalue weighted by Crippen LogP contribution is 2.13. The molecule has 0 unspecified atom stereocenters. The summed E-state index contributed by atoms with van der Waals surface area (Å²) in [6.07, 6.45) is 0.939. The van der Waals surface area contributed by atoms with Crippen molar-refractivity contribution in [2.45, 2.75) is 33.7 Å². The van der Waals surface area contributed by atoms with Crippen molar-refractivity contribution in [3.63, 3.8) is 0 Å². The van der Waals surface area contributed by atoms with Gasteiger partial charge in [0.25, 0.3) is 0 Å². The SMILES string of the molecule is CCNC(=NCCc1c(C)nn(C)c1C)N1CCN(Cc2ccccc2)CC1.I. The van der Waals surface area contributed by atoms with Crippen molar-refractivity contribution in [3.8, 4) is 0 Å². The van der Waals surface area contributed by atoms with Gasteiger partial charge in [-0.25, -0.2) is 0 Å². The van der Waals surface area contributed by atoms with Crippen molar-refractivity contribution < 1.29 is 0 Å². The van der Waals surface area contributed by atoms with Crippen LogP contribution in [-0.4, -0.2) is 64.8 Å². The summed E-state index contributed by atoms with van der Waals surface area (Å²) in [6, 6.07) is 10.7. The number of hydrogen-bond donors (Lipinski definition) is 1. The summed E-state index contributed by atoms with van der Waals surface area (Å²) in [5.41, 5.74) is 5.08. The van der Waals surface area contributed by atoms with Gasteiger partial charge in [-0.1, -0.05) is 30.3 Å². The van der Waals surface area contributed by atoms with Gasteiger partial charge >= 0.3 is 0 Å². The number of benzene rings is 1. The van der Waals surface area contributed by atoms with Crippen LogP contribution in [0.4, 0.5) is 0 Å². The van der Waals surface area contributed by atoms with E-state index in [9.17, 15) is 0 Å². The number of hydrogen-bond acceptors (Lipinski definition) is 3. The van der Waals surface area contributed by atoms with Crippen molar-refractivity contribution in [3.05, 3.63) is 52.8 Å². The number of aromatic nitrogens is 2. The van der Waals surface area contributed by atoms with Crippen LogP contribution in [0.5, 0.6) is 0 Å². The molecule has 1 aromatic heterocycles. The molecule has 6 nitrogen and oxygen atoms in total. The Kier molecular flexibility index (Phi) is 9.42. The van der Waals surface area contributed by atoms with Crippen molar-refractivity contribution in [2.75, 3.05) is 39.3 Å². The number of nitrogens with one attached hydrogen (secondary N) is 1. The maximum absolute atomic E-state index is 4.91. The molecule has 0 aliphatic carbocycles. The molecule has 0 radical (unpaired) electrons. The fraction of sp³-hybridized carbons (Fsp3) is 0.545. The first-order valence-corrected chi connectivity index (χ1v) is 10.4. The third kappa shape index (κ3) is 6.44. The molecule has 160 valence electrons. The second kappa shape index (κ2) is 11.5. The number of rotatable bonds is 6. The standard InChI is InChI=1S/C22H34N6.HI/c1-5-23-22(24-12-11-21-18(2)25-26(4)19(21)3)28-15-13-27(14-16-28)17-20-9-7-6-8-10-20;/h6-10H,5,11-17H2,1-4H3,(H,23,24);1H. The highest BCUT2D eigenvalue weighted by atomic mass is 127. The fourth-order valence-electron chi connectivity index (χ4n) is 3.84. The zero-order chi connectivity index (χ0) is 19.9. The van der Waals surface area contributed by atoms with Crippen LogP contribution < -0.4 is 5.32 Å². The summed E-state index contributed by atoms with van der Waals surface area (Å²) in [4.78, 5) is 9.83. The lowest BCUT2D eigenvalue weighted by Gasteiger charge is -2.36. The maximum atomic E-state index is 4.91. The minimum absolute atomic E-state index is 0. The van der Waals surface area contributed by atoms with Gasteiger partial charge in [0.15, 0.2) is 5.96 Å². The first-order valence-electron chi connectivity index (χ1n) is 10.4. The number of guanidine groups is 1. The quantitative estimate of drug-likeness (QED) is 0.369. The number of aliphatic imine (C=N–C) groups is 1. The monoisotopic (exact) mass is 510 g/mol. The molecule has 3 rings (SSSR count). The Balaban J connectivity index is 0.00000300.